The molecule has 0 unspecified atom stereocenters. The molecule has 1 aromatic carbocycles. The van der Waals surface area contributed by atoms with Gasteiger partial charge in [-0.1, -0.05) is 18.2 Å². The molecule has 0 saturated carbocycles. The lowest BCUT2D eigenvalue weighted by Crippen LogP contribution is -2.41. The van der Waals surface area contributed by atoms with Gasteiger partial charge in [0.1, 0.15) is 5.76 Å². The Kier molecular flexibility index (Phi) is 7.49. The molecule has 1 aliphatic rings. The van der Waals surface area contributed by atoms with Crippen LogP contribution in [0.2, 0.25) is 0 Å². The minimum atomic E-state index is -2.42. The third-order valence-electron chi connectivity index (χ3n) is 4.50. The zero-order chi connectivity index (χ0) is 19.1. The zero-order valence-corrected chi connectivity index (χ0v) is 16.5. The molecule has 2 aromatic rings. The van der Waals surface area contributed by atoms with Crippen LogP contribution in [0, 0.1) is 0 Å². The van der Waals surface area contributed by atoms with Crippen molar-refractivity contribution in [3.8, 4) is 0 Å². The number of hydrogen-bond donors (Lipinski definition) is 2. The molecule has 0 spiro atoms. The summed E-state index contributed by atoms with van der Waals surface area (Å²) in [4.78, 5) is 2.95. The Labute approximate surface area is 167 Å². The van der Waals surface area contributed by atoms with Gasteiger partial charge in [0, 0.05) is 17.1 Å². The van der Waals surface area contributed by atoms with Crippen LogP contribution in [0.1, 0.15) is 31.1 Å². The highest BCUT2D eigenvalue weighted by Crippen LogP contribution is 2.26. The first-order valence-electron chi connectivity index (χ1n) is 8.99. The summed E-state index contributed by atoms with van der Waals surface area (Å²) in [6.45, 7) is 2.74. The lowest BCUT2D eigenvalue weighted by atomic mass is 10.1. The van der Waals surface area contributed by atoms with Gasteiger partial charge in [-0.25, -0.2) is 0 Å². The summed E-state index contributed by atoms with van der Waals surface area (Å²) in [5, 5.41) is 6.86. The van der Waals surface area contributed by atoms with E-state index in [1.54, 1.807) is 30.5 Å². The maximum absolute atomic E-state index is 12.4. The fraction of sp³-hybridized carbons (Fsp3) is 0.421. The number of hydrogen-bond acceptors (Lipinski definition) is 4. The standard InChI is InChI=1S/C19H23F2N3OS2/c20-18(21)27-15-8-6-14(7-9-15)23-19(26)22-13-16(17-5-4-12-25-17)24-10-2-1-3-11-24/h4-9,12,16,18H,1-3,10-11,13H2,(H2,22,23,26)/t16-/m1/s1. The molecule has 1 aromatic heterocycles. The van der Waals surface area contributed by atoms with E-state index in [0.29, 0.717) is 28.3 Å². The Morgan fingerprint density at radius 2 is 1.89 bits per heavy atom. The van der Waals surface area contributed by atoms with Gasteiger partial charge in [0.05, 0.1) is 12.3 Å². The molecule has 1 aliphatic heterocycles. The lowest BCUT2D eigenvalue weighted by molar-refractivity contribution is 0.146. The first kappa shape index (κ1) is 20.1. The number of anilines is 1. The van der Waals surface area contributed by atoms with E-state index in [0.717, 1.165) is 24.5 Å². The van der Waals surface area contributed by atoms with Crippen molar-refractivity contribution in [2.75, 3.05) is 25.0 Å². The smallest absolute Gasteiger partial charge is 0.288 e. The van der Waals surface area contributed by atoms with Crippen molar-refractivity contribution in [2.45, 2.75) is 36.0 Å². The number of furan rings is 1. The van der Waals surface area contributed by atoms with E-state index in [9.17, 15) is 8.78 Å². The zero-order valence-electron chi connectivity index (χ0n) is 14.9. The first-order chi connectivity index (χ1) is 13.1. The molecular formula is C19H23F2N3OS2. The van der Waals surface area contributed by atoms with Gasteiger partial charge in [0.2, 0.25) is 0 Å². The molecule has 0 radical (unpaired) electrons. The molecule has 2 N–H and O–H groups in total. The number of likely N-dealkylation sites (tertiary alicyclic amines) is 1. The van der Waals surface area contributed by atoms with Crippen molar-refractivity contribution >= 4 is 34.8 Å². The van der Waals surface area contributed by atoms with Crippen LogP contribution < -0.4 is 10.6 Å². The molecule has 146 valence electrons. The number of nitrogens with zero attached hydrogens (tertiary/aromatic N) is 1. The number of thiocarbonyl (C=S) groups is 1. The first-order valence-corrected chi connectivity index (χ1v) is 10.3. The van der Waals surface area contributed by atoms with Crippen LogP contribution in [-0.2, 0) is 0 Å². The Morgan fingerprint density at radius 3 is 2.52 bits per heavy atom. The molecule has 27 heavy (non-hydrogen) atoms. The van der Waals surface area contributed by atoms with Gasteiger partial charge in [-0.2, -0.15) is 8.78 Å². The quantitative estimate of drug-likeness (QED) is 0.488. The van der Waals surface area contributed by atoms with Crippen LogP contribution in [0.15, 0.2) is 52.0 Å². The predicted molar refractivity (Wildman–Crippen MR) is 109 cm³/mol. The summed E-state index contributed by atoms with van der Waals surface area (Å²) >= 11 is 5.92. The summed E-state index contributed by atoms with van der Waals surface area (Å²) in [7, 11) is 0. The number of benzene rings is 1. The number of halogens is 2. The van der Waals surface area contributed by atoms with Gasteiger partial charge in [-0.05, 0) is 74.5 Å². The average molecular weight is 412 g/mol. The molecule has 3 rings (SSSR count). The minimum Gasteiger partial charge on any atom is -0.468 e. The van der Waals surface area contributed by atoms with Crippen molar-refractivity contribution < 1.29 is 13.2 Å². The number of nitrogens with one attached hydrogen (secondary N) is 2. The number of piperidine rings is 1. The Bertz CT molecular complexity index is 704. The highest BCUT2D eigenvalue weighted by Gasteiger charge is 2.24. The van der Waals surface area contributed by atoms with Gasteiger partial charge in [-0.3, -0.25) is 4.90 Å². The Morgan fingerprint density at radius 1 is 1.15 bits per heavy atom. The second-order valence-corrected chi connectivity index (χ2v) is 7.84. The van der Waals surface area contributed by atoms with Gasteiger partial charge in [0.25, 0.3) is 5.76 Å². The van der Waals surface area contributed by atoms with Crippen molar-refractivity contribution in [3.63, 3.8) is 0 Å². The molecule has 1 saturated heterocycles. The largest absolute Gasteiger partial charge is 0.468 e. The van der Waals surface area contributed by atoms with E-state index >= 15 is 0 Å². The molecule has 0 bridgehead atoms. The van der Waals surface area contributed by atoms with E-state index in [1.807, 2.05) is 12.1 Å². The second kappa shape index (κ2) is 10.1. The monoisotopic (exact) mass is 411 g/mol. The van der Waals surface area contributed by atoms with Crippen molar-refractivity contribution in [2.24, 2.45) is 0 Å². The molecule has 4 nitrogen and oxygen atoms in total. The van der Waals surface area contributed by atoms with Crippen molar-refractivity contribution in [1.82, 2.24) is 10.2 Å². The molecule has 1 fully saturated rings. The third-order valence-corrected chi connectivity index (χ3v) is 5.47. The molecule has 0 amide bonds. The van der Waals surface area contributed by atoms with E-state index < -0.39 is 5.76 Å². The van der Waals surface area contributed by atoms with E-state index in [4.69, 9.17) is 16.6 Å². The topological polar surface area (TPSA) is 40.4 Å². The number of thioether (sulfide) groups is 1. The summed E-state index contributed by atoms with van der Waals surface area (Å²) in [6, 6.07) is 10.8. The van der Waals surface area contributed by atoms with E-state index in [2.05, 4.69) is 15.5 Å². The van der Waals surface area contributed by atoms with Gasteiger partial charge >= 0.3 is 0 Å². The van der Waals surface area contributed by atoms with Crippen molar-refractivity contribution in [3.05, 3.63) is 48.4 Å². The van der Waals surface area contributed by atoms with Gasteiger partial charge in [-0.15, -0.1) is 0 Å². The lowest BCUT2D eigenvalue weighted by Gasteiger charge is -2.33. The fourth-order valence-corrected chi connectivity index (χ4v) is 3.91. The Balaban J connectivity index is 1.54. The minimum absolute atomic E-state index is 0.130. The summed E-state index contributed by atoms with van der Waals surface area (Å²) in [5.41, 5.74) is 0.763. The fourth-order valence-electron chi connectivity index (χ4n) is 3.20. The van der Waals surface area contributed by atoms with Crippen LogP contribution in [0.5, 0.6) is 0 Å². The SMILES string of the molecule is FC(F)Sc1ccc(NC(=S)NC[C@H](c2ccco2)N2CCCCC2)cc1. The highest BCUT2D eigenvalue weighted by atomic mass is 32.2. The normalized spacial score (nSPS) is 16.3. The van der Waals surface area contributed by atoms with Crippen LogP contribution in [-0.4, -0.2) is 35.4 Å². The maximum Gasteiger partial charge on any atom is 0.288 e. The average Bonchev–Trinajstić information content (AvgIpc) is 3.18. The molecule has 1 atom stereocenters. The molecule has 2 heterocycles. The van der Waals surface area contributed by atoms with E-state index in [-0.39, 0.29) is 6.04 Å². The van der Waals surface area contributed by atoms with Crippen LogP contribution in [0.3, 0.4) is 0 Å². The highest BCUT2D eigenvalue weighted by molar-refractivity contribution is 7.99. The molecule has 0 aliphatic carbocycles. The van der Waals surface area contributed by atoms with Crippen LogP contribution >= 0.6 is 24.0 Å². The number of alkyl halides is 2. The maximum atomic E-state index is 12.4. The van der Waals surface area contributed by atoms with Crippen LogP contribution in [0.25, 0.3) is 0 Å². The summed E-state index contributed by atoms with van der Waals surface area (Å²) < 4.78 is 30.4. The van der Waals surface area contributed by atoms with Crippen molar-refractivity contribution in [1.29, 1.82) is 0 Å². The van der Waals surface area contributed by atoms with Gasteiger partial charge < -0.3 is 15.1 Å². The molecule has 8 heteroatoms. The second-order valence-electron chi connectivity index (χ2n) is 6.37. The summed E-state index contributed by atoms with van der Waals surface area (Å²) in [6.07, 6.45) is 5.36. The predicted octanol–water partition coefficient (Wildman–Crippen LogP) is 5.11. The summed E-state index contributed by atoms with van der Waals surface area (Å²) in [5.74, 6) is -1.49. The van der Waals surface area contributed by atoms with Crippen LogP contribution in [0.4, 0.5) is 14.5 Å². The third kappa shape index (κ3) is 6.19. The number of rotatable bonds is 7. The molecular weight excluding hydrogens is 388 g/mol. The Hall–Kier alpha value is -1.64. The van der Waals surface area contributed by atoms with Gasteiger partial charge in [0.15, 0.2) is 5.11 Å². The van der Waals surface area contributed by atoms with E-state index in [1.165, 1.54) is 19.3 Å².